The number of carbonyl (C=O) groups is 1. The lowest BCUT2D eigenvalue weighted by molar-refractivity contribution is 0.0925. The highest BCUT2D eigenvalue weighted by molar-refractivity contribution is 7.89. The topological polar surface area (TPSA) is 89.3 Å². The zero-order valence-electron chi connectivity index (χ0n) is 12.9. The van der Waals surface area contributed by atoms with Gasteiger partial charge >= 0.3 is 0 Å². The van der Waals surface area contributed by atoms with Crippen LogP contribution in [0.25, 0.3) is 0 Å². The first-order valence-corrected chi connectivity index (χ1v) is 9.27. The summed E-state index contributed by atoms with van der Waals surface area (Å²) in [5, 5.41) is 8.36. The number of primary sulfonamides is 1. The van der Waals surface area contributed by atoms with Crippen LogP contribution in [0.4, 0.5) is 0 Å². The van der Waals surface area contributed by atoms with Crippen LogP contribution in [0.2, 0.25) is 0 Å². The second-order valence-electron chi connectivity index (χ2n) is 6.65. The van der Waals surface area contributed by atoms with Gasteiger partial charge in [-0.2, -0.15) is 0 Å². The van der Waals surface area contributed by atoms with Crippen molar-refractivity contribution in [3.05, 3.63) is 28.8 Å². The van der Waals surface area contributed by atoms with Crippen molar-refractivity contribution in [2.45, 2.75) is 50.5 Å². The first-order chi connectivity index (χ1) is 10.3. The second-order valence-corrected chi connectivity index (χ2v) is 8.18. The maximum Gasteiger partial charge on any atom is 0.251 e. The molecule has 2 aliphatic carbocycles. The summed E-state index contributed by atoms with van der Waals surface area (Å²) in [5.74, 6) is 1.01. The van der Waals surface area contributed by atoms with Crippen LogP contribution in [-0.2, 0) is 10.0 Å². The molecule has 0 spiro atoms. The van der Waals surface area contributed by atoms with E-state index >= 15 is 0 Å². The number of aryl methyl sites for hydroxylation is 2. The highest BCUT2D eigenvalue weighted by Crippen LogP contribution is 2.44. The summed E-state index contributed by atoms with van der Waals surface area (Å²) in [7, 11) is -3.82. The van der Waals surface area contributed by atoms with Crippen molar-refractivity contribution >= 4 is 15.9 Å². The molecule has 0 aromatic heterocycles. The first kappa shape index (κ1) is 15.5. The third kappa shape index (κ3) is 3.17. The van der Waals surface area contributed by atoms with Gasteiger partial charge in [0, 0.05) is 11.6 Å². The number of hydrogen-bond donors (Lipinski definition) is 2. The summed E-state index contributed by atoms with van der Waals surface area (Å²) in [4.78, 5) is 12.6. The molecule has 3 N–H and O–H groups in total. The normalized spacial score (nSPS) is 18.5. The van der Waals surface area contributed by atoms with Crippen LogP contribution in [0.15, 0.2) is 17.0 Å². The lowest BCUT2D eigenvalue weighted by Gasteiger charge is -2.19. The molecule has 120 valence electrons. The molecule has 0 saturated heterocycles. The summed E-state index contributed by atoms with van der Waals surface area (Å²) in [6, 6.07) is 3.36. The van der Waals surface area contributed by atoms with Crippen molar-refractivity contribution in [3.63, 3.8) is 0 Å². The zero-order chi connectivity index (χ0) is 16.1. The number of carbonyl (C=O) groups excluding carboxylic acids is 1. The summed E-state index contributed by atoms with van der Waals surface area (Å²) >= 11 is 0. The van der Waals surface area contributed by atoms with Gasteiger partial charge in [-0.15, -0.1) is 0 Å². The van der Waals surface area contributed by atoms with Crippen LogP contribution in [0, 0.1) is 25.7 Å². The average Bonchev–Trinajstić information content (AvgIpc) is 3.25. The molecule has 22 heavy (non-hydrogen) atoms. The van der Waals surface area contributed by atoms with Crippen LogP contribution in [0.3, 0.4) is 0 Å². The van der Waals surface area contributed by atoms with Gasteiger partial charge in [0.15, 0.2) is 0 Å². The van der Waals surface area contributed by atoms with Crippen molar-refractivity contribution in [1.82, 2.24) is 5.32 Å². The van der Waals surface area contributed by atoms with E-state index in [1.807, 2.05) is 6.92 Å². The predicted molar refractivity (Wildman–Crippen MR) is 84.0 cm³/mol. The van der Waals surface area contributed by atoms with Gasteiger partial charge < -0.3 is 5.32 Å². The molecular weight excluding hydrogens is 300 g/mol. The largest absolute Gasteiger partial charge is 0.349 e. The summed E-state index contributed by atoms with van der Waals surface area (Å²) in [5.41, 5.74) is 1.74. The fraction of sp³-hybridized carbons (Fsp3) is 0.562. The van der Waals surface area contributed by atoms with Gasteiger partial charge in [-0.1, -0.05) is 6.07 Å². The Kier molecular flexibility index (Phi) is 3.77. The van der Waals surface area contributed by atoms with E-state index < -0.39 is 10.0 Å². The number of rotatable bonds is 5. The van der Waals surface area contributed by atoms with Crippen LogP contribution in [0.1, 0.15) is 47.2 Å². The molecule has 5 nitrogen and oxygen atoms in total. The molecule has 2 fully saturated rings. The highest BCUT2D eigenvalue weighted by atomic mass is 32.2. The Morgan fingerprint density at radius 2 is 1.68 bits per heavy atom. The van der Waals surface area contributed by atoms with Gasteiger partial charge in [-0.3, -0.25) is 4.79 Å². The lowest BCUT2D eigenvalue weighted by atomic mass is 10.0. The average molecular weight is 322 g/mol. The van der Waals surface area contributed by atoms with E-state index in [4.69, 9.17) is 5.14 Å². The SMILES string of the molecule is Cc1cc(C)c(S(N)(=O)=O)cc1C(=O)NC(C1CC1)C1CC1. The predicted octanol–water partition coefficient (Wildman–Crippen LogP) is 1.87. The molecule has 6 heteroatoms. The van der Waals surface area contributed by atoms with Crippen molar-refractivity contribution in [2.75, 3.05) is 0 Å². The molecule has 0 unspecified atom stereocenters. The maximum atomic E-state index is 12.6. The zero-order valence-corrected chi connectivity index (χ0v) is 13.7. The van der Waals surface area contributed by atoms with Crippen molar-refractivity contribution in [3.8, 4) is 0 Å². The van der Waals surface area contributed by atoms with Gasteiger partial charge in [0.25, 0.3) is 5.91 Å². The third-order valence-corrected chi connectivity index (χ3v) is 5.68. The van der Waals surface area contributed by atoms with Crippen LogP contribution < -0.4 is 10.5 Å². The number of benzene rings is 1. The Hall–Kier alpha value is -1.40. The molecule has 2 aliphatic rings. The monoisotopic (exact) mass is 322 g/mol. The van der Waals surface area contributed by atoms with Gasteiger partial charge in [0.1, 0.15) is 0 Å². The van der Waals surface area contributed by atoms with E-state index in [9.17, 15) is 13.2 Å². The molecule has 1 aromatic rings. The number of sulfonamides is 1. The van der Waals surface area contributed by atoms with E-state index in [2.05, 4.69) is 5.32 Å². The van der Waals surface area contributed by atoms with Crippen LogP contribution in [0.5, 0.6) is 0 Å². The Balaban J connectivity index is 1.88. The minimum absolute atomic E-state index is 0.0256. The molecule has 1 aromatic carbocycles. The smallest absolute Gasteiger partial charge is 0.251 e. The molecule has 1 amide bonds. The molecule has 2 saturated carbocycles. The Labute approximate surface area is 131 Å². The highest BCUT2D eigenvalue weighted by Gasteiger charge is 2.42. The van der Waals surface area contributed by atoms with Crippen molar-refractivity contribution in [2.24, 2.45) is 17.0 Å². The number of nitrogens with one attached hydrogen (secondary N) is 1. The minimum atomic E-state index is -3.82. The van der Waals surface area contributed by atoms with Gasteiger partial charge in [-0.25, -0.2) is 13.6 Å². The molecular formula is C16H22N2O3S. The first-order valence-electron chi connectivity index (χ1n) is 7.72. The third-order valence-electron chi connectivity index (χ3n) is 4.63. The van der Waals surface area contributed by atoms with E-state index in [1.165, 1.54) is 31.7 Å². The van der Waals surface area contributed by atoms with E-state index in [-0.39, 0.29) is 16.8 Å². The fourth-order valence-corrected chi connectivity index (χ4v) is 3.93. The van der Waals surface area contributed by atoms with Crippen LogP contribution in [-0.4, -0.2) is 20.4 Å². The lowest BCUT2D eigenvalue weighted by Crippen LogP contribution is -2.38. The Bertz CT molecular complexity index is 707. The van der Waals surface area contributed by atoms with Crippen LogP contribution >= 0.6 is 0 Å². The quantitative estimate of drug-likeness (QED) is 0.867. The number of hydrogen-bond acceptors (Lipinski definition) is 3. The Morgan fingerprint density at radius 1 is 1.14 bits per heavy atom. The van der Waals surface area contributed by atoms with Gasteiger partial charge in [0.05, 0.1) is 4.90 Å². The number of nitrogens with two attached hydrogens (primary N) is 1. The minimum Gasteiger partial charge on any atom is -0.349 e. The van der Waals surface area contributed by atoms with E-state index in [0.29, 0.717) is 23.0 Å². The van der Waals surface area contributed by atoms with Crippen molar-refractivity contribution < 1.29 is 13.2 Å². The van der Waals surface area contributed by atoms with Gasteiger partial charge in [0.2, 0.25) is 10.0 Å². The second kappa shape index (κ2) is 5.35. The summed E-state index contributed by atoms with van der Waals surface area (Å²) < 4.78 is 23.3. The van der Waals surface area contributed by atoms with Gasteiger partial charge in [-0.05, 0) is 68.6 Å². The van der Waals surface area contributed by atoms with Crippen molar-refractivity contribution in [1.29, 1.82) is 0 Å². The number of amides is 1. The summed E-state index contributed by atoms with van der Waals surface area (Å²) in [6.07, 6.45) is 4.71. The standard InChI is InChI=1S/C16H22N2O3S/c1-9-7-10(2)14(22(17,20)21)8-13(9)16(19)18-15(11-3-4-11)12-5-6-12/h7-8,11-12,15H,3-6H2,1-2H3,(H,18,19)(H2,17,20,21). The van der Waals surface area contributed by atoms with E-state index in [1.54, 1.807) is 13.0 Å². The molecule has 0 atom stereocenters. The molecule has 0 heterocycles. The summed E-state index contributed by atoms with van der Waals surface area (Å²) in [6.45, 7) is 3.50. The molecule has 0 aliphatic heterocycles. The fourth-order valence-electron chi connectivity index (χ4n) is 3.14. The Morgan fingerprint density at radius 3 is 2.14 bits per heavy atom. The molecule has 3 rings (SSSR count). The maximum absolute atomic E-state index is 12.6. The van der Waals surface area contributed by atoms with E-state index in [0.717, 1.165) is 5.56 Å². The molecule has 0 bridgehead atoms. The molecule has 0 radical (unpaired) electrons.